The summed E-state index contributed by atoms with van der Waals surface area (Å²) in [4.78, 5) is 43.8. The summed E-state index contributed by atoms with van der Waals surface area (Å²) in [5, 5.41) is 13.2. The van der Waals surface area contributed by atoms with Gasteiger partial charge in [0, 0.05) is 5.69 Å². The first kappa shape index (κ1) is 20.2. The quantitative estimate of drug-likeness (QED) is 0.709. The van der Waals surface area contributed by atoms with Gasteiger partial charge >= 0.3 is 5.91 Å². The van der Waals surface area contributed by atoms with E-state index in [0.717, 1.165) is 22.9 Å². The molecule has 0 unspecified atom stereocenters. The van der Waals surface area contributed by atoms with Crippen molar-refractivity contribution in [3.8, 4) is 0 Å². The van der Waals surface area contributed by atoms with E-state index < -0.39 is 23.4 Å². The molecule has 1 aromatic heterocycles. The molecule has 0 saturated carbocycles. The lowest BCUT2D eigenvalue weighted by Gasteiger charge is -2.15. The molecule has 29 heavy (non-hydrogen) atoms. The largest absolute Gasteiger partial charge is 0.459 e. The number of aliphatic imine (C=N–C) groups is 2. The molecular weight excluding hydrogens is 394 g/mol. The van der Waals surface area contributed by atoms with E-state index in [1.54, 1.807) is 6.07 Å². The van der Waals surface area contributed by atoms with Gasteiger partial charge in [-0.1, -0.05) is 23.9 Å². The molecule has 0 fully saturated rings. The lowest BCUT2D eigenvalue weighted by atomic mass is 10.1. The SMILES string of the molecule is Cc1cccc(NC(=O)CSC2=NC(=N)C(=NC(=O)c3ccco3)C(=O)N2)c1C. The highest BCUT2D eigenvalue weighted by molar-refractivity contribution is 8.14. The zero-order valence-electron chi connectivity index (χ0n) is 15.6. The highest BCUT2D eigenvalue weighted by atomic mass is 32.2. The lowest BCUT2D eigenvalue weighted by molar-refractivity contribution is -0.114. The van der Waals surface area contributed by atoms with Gasteiger partial charge in [0.05, 0.1) is 12.0 Å². The molecule has 3 N–H and O–H groups in total. The molecule has 0 spiro atoms. The van der Waals surface area contributed by atoms with Gasteiger partial charge in [0.1, 0.15) is 0 Å². The second-order valence-corrected chi connectivity index (χ2v) is 7.01. The normalized spacial score (nSPS) is 15.1. The van der Waals surface area contributed by atoms with Crippen molar-refractivity contribution < 1.29 is 18.8 Å². The maximum Gasteiger partial charge on any atom is 0.313 e. The minimum Gasteiger partial charge on any atom is -0.459 e. The second-order valence-electron chi connectivity index (χ2n) is 6.05. The van der Waals surface area contributed by atoms with Gasteiger partial charge in [-0.05, 0) is 43.2 Å². The van der Waals surface area contributed by atoms with E-state index in [1.807, 2.05) is 26.0 Å². The Kier molecular flexibility index (Phi) is 6.03. The molecule has 0 bridgehead atoms. The first-order chi connectivity index (χ1) is 13.8. The zero-order valence-corrected chi connectivity index (χ0v) is 16.4. The van der Waals surface area contributed by atoms with E-state index in [-0.39, 0.29) is 22.6 Å². The summed E-state index contributed by atoms with van der Waals surface area (Å²) < 4.78 is 4.91. The number of hydrogen-bond donors (Lipinski definition) is 3. The van der Waals surface area contributed by atoms with Crippen LogP contribution in [0.25, 0.3) is 0 Å². The molecule has 1 aliphatic rings. The van der Waals surface area contributed by atoms with E-state index in [2.05, 4.69) is 20.6 Å². The minimum atomic E-state index is -0.788. The molecule has 0 saturated heterocycles. The smallest absolute Gasteiger partial charge is 0.313 e. The van der Waals surface area contributed by atoms with Crippen LogP contribution in [0.1, 0.15) is 21.7 Å². The molecule has 2 aromatic rings. The second kappa shape index (κ2) is 8.65. The van der Waals surface area contributed by atoms with E-state index in [4.69, 9.17) is 9.83 Å². The number of amides is 3. The average molecular weight is 411 g/mol. The highest BCUT2D eigenvalue weighted by Gasteiger charge is 2.26. The third kappa shape index (κ3) is 4.85. The number of thioether (sulfide) groups is 1. The Morgan fingerprint density at radius 1 is 1.28 bits per heavy atom. The number of amidine groups is 2. The Morgan fingerprint density at radius 3 is 2.76 bits per heavy atom. The van der Waals surface area contributed by atoms with Crippen molar-refractivity contribution in [3.63, 3.8) is 0 Å². The lowest BCUT2D eigenvalue weighted by Crippen LogP contribution is -2.43. The average Bonchev–Trinajstić information content (AvgIpc) is 3.21. The number of nitrogens with one attached hydrogen (secondary N) is 3. The van der Waals surface area contributed by atoms with Gasteiger partial charge in [0.15, 0.2) is 22.5 Å². The number of furan rings is 1. The van der Waals surface area contributed by atoms with Crippen LogP contribution in [-0.4, -0.2) is 40.2 Å². The summed E-state index contributed by atoms with van der Waals surface area (Å²) >= 11 is 0.968. The number of hydrogen-bond acceptors (Lipinski definition) is 6. The summed E-state index contributed by atoms with van der Waals surface area (Å²) in [5.41, 5.74) is 2.32. The van der Waals surface area contributed by atoms with Crippen LogP contribution in [0.5, 0.6) is 0 Å². The van der Waals surface area contributed by atoms with Crippen LogP contribution in [0.2, 0.25) is 0 Å². The number of carbonyl (C=O) groups is 3. The van der Waals surface area contributed by atoms with Crippen LogP contribution in [-0.2, 0) is 9.59 Å². The van der Waals surface area contributed by atoms with Gasteiger partial charge in [-0.15, -0.1) is 0 Å². The van der Waals surface area contributed by atoms with Crippen molar-refractivity contribution in [3.05, 3.63) is 53.5 Å². The molecule has 1 aromatic carbocycles. The number of aryl methyl sites for hydroxylation is 1. The number of anilines is 1. The topological polar surface area (TPSA) is 137 Å². The molecule has 0 atom stereocenters. The fourth-order valence-corrected chi connectivity index (χ4v) is 3.04. The number of rotatable bonds is 4. The molecule has 0 aliphatic carbocycles. The summed E-state index contributed by atoms with van der Waals surface area (Å²) in [6, 6.07) is 8.52. The van der Waals surface area contributed by atoms with Crippen molar-refractivity contribution in [1.82, 2.24) is 5.32 Å². The first-order valence-electron chi connectivity index (χ1n) is 8.49. The minimum absolute atomic E-state index is 0.0163. The molecular formula is C19H17N5O4S. The van der Waals surface area contributed by atoms with Crippen LogP contribution < -0.4 is 10.6 Å². The predicted molar refractivity (Wildman–Crippen MR) is 111 cm³/mol. The van der Waals surface area contributed by atoms with Crippen LogP contribution >= 0.6 is 11.8 Å². The fourth-order valence-electron chi connectivity index (χ4n) is 2.38. The number of carbonyl (C=O) groups excluding carboxylic acids is 3. The predicted octanol–water partition coefficient (Wildman–Crippen LogP) is 2.31. The molecule has 2 heterocycles. The summed E-state index contributed by atoms with van der Waals surface area (Å²) in [6.45, 7) is 3.86. The highest BCUT2D eigenvalue weighted by Crippen LogP contribution is 2.18. The van der Waals surface area contributed by atoms with Crippen molar-refractivity contribution in [2.75, 3.05) is 11.1 Å². The monoisotopic (exact) mass is 411 g/mol. The molecule has 9 nitrogen and oxygen atoms in total. The Hall–Kier alpha value is -3.53. The van der Waals surface area contributed by atoms with Gasteiger partial charge < -0.3 is 9.73 Å². The Bertz CT molecular complexity index is 1060. The van der Waals surface area contributed by atoms with E-state index >= 15 is 0 Å². The molecule has 148 valence electrons. The van der Waals surface area contributed by atoms with Crippen LogP contribution in [0.3, 0.4) is 0 Å². The maximum atomic E-state index is 12.2. The molecule has 1 aliphatic heterocycles. The van der Waals surface area contributed by atoms with Crippen molar-refractivity contribution >= 4 is 51.9 Å². The summed E-state index contributed by atoms with van der Waals surface area (Å²) in [5.74, 6) is -2.35. The van der Waals surface area contributed by atoms with Crippen LogP contribution in [0, 0.1) is 19.3 Å². The van der Waals surface area contributed by atoms with E-state index in [1.165, 1.54) is 18.4 Å². The standard InChI is InChI=1S/C19H17N5O4S/c1-10-5-3-6-12(11(10)2)21-14(25)9-29-19-23-16(20)15(18(27)24-19)22-17(26)13-7-4-8-28-13/h3-8H,9H2,1-2H3,(H,21,25)(H2,20,23,24,27). The number of nitrogens with zero attached hydrogens (tertiary/aromatic N) is 2. The van der Waals surface area contributed by atoms with E-state index in [0.29, 0.717) is 5.69 Å². The van der Waals surface area contributed by atoms with Gasteiger partial charge in [0.2, 0.25) is 5.91 Å². The maximum absolute atomic E-state index is 12.2. The van der Waals surface area contributed by atoms with Crippen LogP contribution in [0.15, 0.2) is 51.0 Å². The first-order valence-corrected chi connectivity index (χ1v) is 9.48. The van der Waals surface area contributed by atoms with Crippen molar-refractivity contribution in [1.29, 1.82) is 5.41 Å². The molecule has 0 radical (unpaired) electrons. The van der Waals surface area contributed by atoms with Gasteiger partial charge in [-0.2, -0.15) is 4.99 Å². The van der Waals surface area contributed by atoms with Crippen molar-refractivity contribution in [2.24, 2.45) is 9.98 Å². The fraction of sp³-hybridized carbons (Fsp3) is 0.158. The molecule has 3 amide bonds. The summed E-state index contributed by atoms with van der Waals surface area (Å²) in [7, 11) is 0. The Morgan fingerprint density at radius 2 is 2.07 bits per heavy atom. The Balaban J connectivity index is 1.62. The van der Waals surface area contributed by atoms with Crippen LogP contribution in [0.4, 0.5) is 5.69 Å². The third-order valence-corrected chi connectivity index (χ3v) is 4.91. The summed E-state index contributed by atoms with van der Waals surface area (Å²) in [6.07, 6.45) is 1.30. The van der Waals surface area contributed by atoms with Gasteiger partial charge in [-0.25, -0.2) is 4.99 Å². The van der Waals surface area contributed by atoms with Crippen molar-refractivity contribution in [2.45, 2.75) is 13.8 Å². The molecule has 3 rings (SSSR count). The molecule has 10 heteroatoms. The zero-order chi connectivity index (χ0) is 21.0. The van der Waals surface area contributed by atoms with E-state index in [9.17, 15) is 14.4 Å². The third-order valence-electron chi connectivity index (χ3n) is 4.04. The van der Waals surface area contributed by atoms with Gasteiger partial charge in [-0.3, -0.25) is 25.1 Å². The Labute approximate surface area is 170 Å². The van der Waals surface area contributed by atoms with Gasteiger partial charge in [0.25, 0.3) is 5.91 Å². The number of benzene rings is 1.